The highest BCUT2D eigenvalue weighted by Gasteiger charge is 2.36. The summed E-state index contributed by atoms with van der Waals surface area (Å²) in [5.74, 6) is -1.78. The minimum absolute atomic E-state index is 0.241. The van der Waals surface area contributed by atoms with Crippen LogP contribution >= 0.6 is 0 Å². The molecule has 0 aliphatic carbocycles. The smallest absolute Gasteiger partial charge is 0.329 e. The predicted molar refractivity (Wildman–Crippen MR) is 79.2 cm³/mol. The summed E-state index contributed by atoms with van der Waals surface area (Å²) in [6.07, 6.45) is 0.575. The Bertz CT molecular complexity index is 550. The molecule has 0 unspecified atom stereocenters. The molecule has 6 nitrogen and oxygen atoms in total. The Morgan fingerprint density at radius 3 is 2.29 bits per heavy atom. The summed E-state index contributed by atoms with van der Waals surface area (Å²) >= 11 is 0. The lowest BCUT2D eigenvalue weighted by Crippen LogP contribution is -2.53. The molecule has 6 heteroatoms. The summed E-state index contributed by atoms with van der Waals surface area (Å²) in [5.41, 5.74) is -0.487. The standard InChI is InChI=1S/C15H20N2O4/c1-4-15(5-2,14(20)21)17-13(19)11-7-6-8-12(9-11)16-10(3)18/h6-9H,4-5H2,1-3H3,(H,16,18)(H,17,19)(H,20,21). The van der Waals surface area contributed by atoms with E-state index in [-0.39, 0.29) is 18.7 Å². The monoisotopic (exact) mass is 292 g/mol. The van der Waals surface area contributed by atoms with Gasteiger partial charge in [-0.25, -0.2) is 4.79 Å². The zero-order valence-corrected chi connectivity index (χ0v) is 12.4. The maximum Gasteiger partial charge on any atom is 0.329 e. The minimum atomic E-state index is -1.28. The predicted octanol–water partition coefficient (Wildman–Crippen LogP) is 2.02. The molecule has 1 rings (SSSR count). The van der Waals surface area contributed by atoms with E-state index in [4.69, 9.17) is 0 Å². The molecule has 114 valence electrons. The van der Waals surface area contributed by atoms with Crippen LogP contribution in [0.25, 0.3) is 0 Å². The molecule has 2 amide bonds. The Balaban J connectivity index is 2.98. The van der Waals surface area contributed by atoms with Crippen molar-refractivity contribution in [1.82, 2.24) is 5.32 Å². The number of hydrogen-bond acceptors (Lipinski definition) is 3. The topological polar surface area (TPSA) is 95.5 Å². The van der Waals surface area contributed by atoms with Crippen LogP contribution in [0.3, 0.4) is 0 Å². The Morgan fingerprint density at radius 2 is 1.81 bits per heavy atom. The van der Waals surface area contributed by atoms with Gasteiger partial charge in [-0.05, 0) is 31.0 Å². The van der Waals surface area contributed by atoms with Gasteiger partial charge in [-0.3, -0.25) is 9.59 Å². The van der Waals surface area contributed by atoms with Gasteiger partial charge in [0.25, 0.3) is 5.91 Å². The van der Waals surface area contributed by atoms with E-state index in [1.807, 2.05) is 0 Å². The second kappa shape index (κ2) is 6.88. The number of aliphatic carboxylic acids is 1. The molecule has 0 spiro atoms. The van der Waals surface area contributed by atoms with E-state index >= 15 is 0 Å². The second-order valence-electron chi connectivity index (χ2n) is 4.81. The van der Waals surface area contributed by atoms with Crippen molar-refractivity contribution < 1.29 is 19.5 Å². The molecule has 0 saturated heterocycles. The van der Waals surface area contributed by atoms with Crippen LogP contribution in [-0.4, -0.2) is 28.4 Å². The molecule has 1 aromatic carbocycles. The van der Waals surface area contributed by atoms with Crippen LogP contribution in [0.2, 0.25) is 0 Å². The molecule has 0 aliphatic heterocycles. The number of carbonyl (C=O) groups excluding carboxylic acids is 2. The molecule has 0 atom stereocenters. The van der Waals surface area contributed by atoms with Crippen molar-refractivity contribution >= 4 is 23.5 Å². The van der Waals surface area contributed by atoms with Crippen molar-refractivity contribution in [1.29, 1.82) is 0 Å². The van der Waals surface area contributed by atoms with Crippen molar-refractivity contribution in [2.75, 3.05) is 5.32 Å². The van der Waals surface area contributed by atoms with Crippen LogP contribution in [0.5, 0.6) is 0 Å². The number of carboxylic acids is 1. The van der Waals surface area contributed by atoms with Crippen molar-refractivity contribution in [3.8, 4) is 0 Å². The van der Waals surface area contributed by atoms with Gasteiger partial charge in [0.2, 0.25) is 5.91 Å². The second-order valence-corrected chi connectivity index (χ2v) is 4.81. The fourth-order valence-electron chi connectivity index (χ4n) is 2.01. The SMILES string of the molecule is CCC(CC)(NC(=O)c1cccc(NC(C)=O)c1)C(=O)O. The van der Waals surface area contributed by atoms with E-state index in [2.05, 4.69) is 10.6 Å². The lowest BCUT2D eigenvalue weighted by molar-refractivity contribution is -0.144. The van der Waals surface area contributed by atoms with E-state index in [1.54, 1.807) is 32.0 Å². The van der Waals surface area contributed by atoms with Crippen LogP contribution in [0.15, 0.2) is 24.3 Å². The van der Waals surface area contributed by atoms with Gasteiger partial charge < -0.3 is 15.7 Å². The Morgan fingerprint density at radius 1 is 1.19 bits per heavy atom. The number of benzene rings is 1. The Kier molecular flexibility index (Phi) is 5.46. The Hall–Kier alpha value is -2.37. The number of nitrogens with one attached hydrogen (secondary N) is 2. The number of rotatable bonds is 6. The number of carboxylic acid groups (broad SMARTS) is 1. The van der Waals surface area contributed by atoms with Crippen molar-refractivity contribution in [2.24, 2.45) is 0 Å². The van der Waals surface area contributed by atoms with Gasteiger partial charge >= 0.3 is 5.97 Å². The minimum Gasteiger partial charge on any atom is -0.480 e. The molecule has 0 heterocycles. The van der Waals surface area contributed by atoms with Gasteiger partial charge in [-0.1, -0.05) is 19.9 Å². The zero-order chi connectivity index (χ0) is 16.0. The first-order valence-corrected chi connectivity index (χ1v) is 6.78. The molecule has 0 radical (unpaired) electrons. The highest BCUT2D eigenvalue weighted by molar-refractivity contribution is 5.99. The van der Waals surface area contributed by atoms with Gasteiger partial charge in [0, 0.05) is 18.2 Å². The molecular formula is C15H20N2O4. The molecule has 1 aromatic rings. The normalized spacial score (nSPS) is 10.8. The average molecular weight is 292 g/mol. The molecule has 21 heavy (non-hydrogen) atoms. The van der Waals surface area contributed by atoms with Crippen molar-refractivity contribution in [2.45, 2.75) is 39.2 Å². The van der Waals surface area contributed by atoms with Crippen LogP contribution in [0.1, 0.15) is 44.0 Å². The van der Waals surface area contributed by atoms with E-state index in [9.17, 15) is 19.5 Å². The highest BCUT2D eigenvalue weighted by atomic mass is 16.4. The lowest BCUT2D eigenvalue weighted by atomic mass is 9.92. The zero-order valence-electron chi connectivity index (χ0n) is 12.4. The van der Waals surface area contributed by atoms with E-state index in [0.29, 0.717) is 11.3 Å². The van der Waals surface area contributed by atoms with E-state index < -0.39 is 17.4 Å². The highest BCUT2D eigenvalue weighted by Crippen LogP contribution is 2.18. The van der Waals surface area contributed by atoms with Gasteiger partial charge in [-0.15, -0.1) is 0 Å². The van der Waals surface area contributed by atoms with E-state index in [0.717, 1.165) is 0 Å². The van der Waals surface area contributed by atoms with Crippen molar-refractivity contribution in [3.05, 3.63) is 29.8 Å². The fraction of sp³-hybridized carbons (Fsp3) is 0.400. The van der Waals surface area contributed by atoms with Crippen molar-refractivity contribution in [3.63, 3.8) is 0 Å². The average Bonchev–Trinajstić information content (AvgIpc) is 2.44. The summed E-state index contributed by atoms with van der Waals surface area (Å²) in [4.78, 5) is 34.6. The number of amides is 2. The summed E-state index contributed by atoms with van der Waals surface area (Å²) in [5, 5.41) is 14.5. The molecular weight excluding hydrogens is 272 g/mol. The summed E-state index contributed by atoms with van der Waals surface area (Å²) in [7, 11) is 0. The first-order valence-electron chi connectivity index (χ1n) is 6.78. The summed E-state index contributed by atoms with van der Waals surface area (Å²) < 4.78 is 0. The fourth-order valence-corrected chi connectivity index (χ4v) is 2.01. The summed E-state index contributed by atoms with van der Waals surface area (Å²) in [6.45, 7) is 4.80. The molecule has 0 aliphatic rings. The quantitative estimate of drug-likeness (QED) is 0.747. The van der Waals surface area contributed by atoms with Crippen LogP contribution in [0.4, 0.5) is 5.69 Å². The third kappa shape index (κ3) is 4.05. The molecule has 0 saturated carbocycles. The van der Waals surface area contributed by atoms with Gasteiger partial charge in [0.1, 0.15) is 5.54 Å². The number of carbonyl (C=O) groups is 3. The third-order valence-corrected chi connectivity index (χ3v) is 3.41. The number of hydrogen-bond donors (Lipinski definition) is 3. The van der Waals surface area contributed by atoms with Gasteiger partial charge in [0.05, 0.1) is 0 Å². The first-order chi connectivity index (χ1) is 9.84. The maximum atomic E-state index is 12.2. The lowest BCUT2D eigenvalue weighted by Gasteiger charge is -2.28. The molecule has 0 fully saturated rings. The Labute approximate surface area is 123 Å². The van der Waals surface area contributed by atoms with E-state index in [1.165, 1.54) is 13.0 Å². The molecule has 0 aromatic heterocycles. The molecule has 0 bridgehead atoms. The summed E-state index contributed by atoms with van der Waals surface area (Å²) in [6, 6.07) is 6.36. The number of anilines is 1. The maximum absolute atomic E-state index is 12.2. The van der Waals surface area contributed by atoms with Crippen LogP contribution in [-0.2, 0) is 9.59 Å². The third-order valence-electron chi connectivity index (χ3n) is 3.41. The van der Waals surface area contributed by atoms with Gasteiger partial charge in [-0.2, -0.15) is 0 Å². The van der Waals surface area contributed by atoms with Crippen LogP contribution in [0, 0.1) is 0 Å². The molecule has 3 N–H and O–H groups in total. The first kappa shape index (κ1) is 16.7. The largest absolute Gasteiger partial charge is 0.480 e. The van der Waals surface area contributed by atoms with Crippen LogP contribution < -0.4 is 10.6 Å². The van der Waals surface area contributed by atoms with Gasteiger partial charge in [0.15, 0.2) is 0 Å².